The second-order valence-corrected chi connectivity index (χ2v) is 4.93. The van der Waals surface area contributed by atoms with Crippen LogP contribution in [0.5, 0.6) is 0 Å². The predicted molar refractivity (Wildman–Crippen MR) is 53.1 cm³/mol. The molecule has 0 aromatic carbocycles. The second kappa shape index (κ2) is 6.97. The maximum atomic E-state index is 10.2. The molecule has 0 saturated heterocycles. The minimum atomic E-state index is -0.958. The fraction of sp³-hybridized carbons (Fsp3) is 0.875. The van der Waals surface area contributed by atoms with E-state index in [1.807, 2.05) is 20.8 Å². The third-order valence-electron chi connectivity index (χ3n) is 1.52. The van der Waals surface area contributed by atoms with E-state index in [1.54, 1.807) is 0 Å². The molecule has 0 saturated carbocycles. The van der Waals surface area contributed by atoms with Gasteiger partial charge in [-0.2, -0.15) is 0 Å². The molecule has 0 fully saturated rings. The third-order valence-corrected chi connectivity index (χ3v) is 3.22. The van der Waals surface area contributed by atoms with Gasteiger partial charge in [0.2, 0.25) is 11.6 Å². The largest absolute Gasteiger partial charge is 0.336 e. The Kier molecular flexibility index (Phi) is 6.71. The van der Waals surface area contributed by atoms with E-state index in [4.69, 9.17) is 9.47 Å². The van der Waals surface area contributed by atoms with Crippen molar-refractivity contribution in [2.24, 2.45) is 4.99 Å². The van der Waals surface area contributed by atoms with Crippen LogP contribution in [0.3, 0.4) is 0 Å². The van der Waals surface area contributed by atoms with Gasteiger partial charge in [0.05, 0.1) is 0 Å². The summed E-state index contributed by atoms with van der Waals surface area (Å²) < 4.78 is 10.7. The lowest BCUT2D eigenvalue weighted by Gasteiger charge is -2.26. The molecule has 76 valence electrons. The van der Waals surface area contributed by atoms with Crippen molar-refractivity contribution in [3.63, 3.8) is 0 Å². The van der Waals surface area contributed by atoms with Gasteiger partial charge in [-0.1, -0.05) is 13.0 Å². The molecule has 0 rings (SSSR count). The molecule has 0 amide bonds. The SMILES string of the molecule is CCOC(N=C=O)(OCC)[SiH2]CC. The number of carbonyl (C=O) groups excluding carboxylic acids is 1. The van der Waals surface area contributed by atoms with Crippen LogP contribution in [0, 0.1) is 0 Å². The molecule has 0 heterocycles. The number of nitrogens with zero attached hydrogens (tertiary/aromatic N) is 1. The van der Waals surface area contributed by atoms with Gasteiger partial charge in [0.15, 0.2) is 0 Å². The van der Waals surface area contributed by atoms with E-state index >= 15 is 0 Å². The highest BCUT2D eigenvalue weighted by Gasteiger charge is 2.29. The van der Waals surface area contributed by atoms with Crippen LogP contribution < -0.4 is 0 Å². The first-order valence-corrected chi connectivity index (χ1v) is 6.32. The van der Waals surface area contributed by atoms with Gasteiger partial charge in [0.1, 0.15) is 9.52 Å². The van der Waals surface area contributed by atoms with Crippen LogP contribution in [0.1, 0.15) is 20.8 Å². The Labute approximate surface area is 81.2 Å². The van der Waals surface area contributed by atoms with Crippen molar-refractivity contribution in [1.82, 2.24) is 0 Å². The van der Waals surface area contributed by atoms with E-state index < -0.39 is 15.1 Å². The summed E-state index contributed by atoms with van der Waals surface area (Å²) in [7, 11) is -0.678. The maximum absolute atomic E-state index is 10.2. The summed E-state index contributed by atoms with van der Waals surface area (Å²) in [6, 6.07) is 0.977. The Morgan fingerprint density at radius 3 is 2.15 bits per heavy atom. The number of ether oxygens (including phenoxy) is 2. The zero-order valence-corrected chi connectivity index (χ0v) is 9.91. The first kappa shape index (κ1) is 12.5. The van der Waals surface area contributed by atoms with Crippen LogP contribution >= 0.6 is 0 Å². The quantitative estimate of drug-likeness (QED) is 0.264. The van der Waals surface area contributed by atoms with Crippen LogP contribution in [0.15, 0.2) is 4.99 Å². The van der Waals surface area contributed by atoms with Crippen molar-refractivity contribution >= 4 is 15.6 Å². The van der Waals surface area contributed by atoms with Crippen LogP contribution in [0.4, 0.5) is 0 Å². The predicted octanol–water partition coefficient (Wildman–Crippen LogP) is 0.613. The fourth-order valence-corrected chi connectivity index (χ4v) is 2.65. The lowest BCUT2D eigenvalue weighted by molar-refractivity contribution is -0.169. The van der Waals surface area contributed by atoms with E-state index in [0.29, 0.717) is 13.2 Å². The third kappa shape index (κ3) is 4.33. The van der Waals surface area contributed by atoms with Gasteiger partial charge in [-0.25, -0.2) is 4.79 Å². The normalized spacial score (nSPS) is 11.9. The van der Waals surface area contributed by atoms with Gasteiger partial charge in [0, 0.05) is 13.2 Å². The van der Waals surface area contributed by atoms with Gasteiger partial charge in [-0.3, -0.25) is 0 Å². The van der Waals surface area contributed by atoms with Crippen molar-refractivity contribution in [1.29, 1.82) is 0 Å². The fourth-order valence-electron chi connectivity index (χ4n) is 1.14. The summed E-state index contributed by atoms with van der Waals surface area (Å²) in [6.07, 6.45) is 1.52. The molecule has 0 radical (unpaired) electrons. The molecule has 0 aromatic rings. The van der Waals surface area contributed by atoms with Crippen LogP contribution in [0.25, 0.3) is 0 Å². The minimum absolute atomic E-state index is 0.498. The van der Waals surface area contributed by atoms with Gasteiger partial charge < -0.3 is 9.47 Å². The van der Waals surface area contributed by atoms with E-state index in [1.165, 1.54) is 6.08 Å². The lowest BCUT2D eigenvalue weighted by Crippen LogP contribution is -2.40. The maximum Gasteiger partial charge on any atom is 0.248 e. The summed E-state index contributed by atoms with van der Waals surface area (Å²) in [5.41, 5.74) is -0.958. The summed E-state index contributed by atoms with van der Waals surface area (Å²) in [6.45, 7) is 6.76. The molecule has 0 aliphatic heterocycles. The molecule has 0 aliphatic rings. The topological polar surface area (TPSA) is 47.9 Å². The average molecular weight is 203 g/mol. The lowest BCUT2D eigenvalue weighted by atomic mass is 10.8. The Hall–Kier alpha value is -0.483. The summed E-state index contributed by atoms with van der Waals surface area (Å²) in [4.78, 5) is 13.9. The van der Waals surface area contributed by atoms with Crippen LogP contribution in [0.2, 0.25) is 6.04 Å². The van der Waals surface area contributed by atoms with Crippen LogP contribution in [-0.4, -0.2) is 34.3 Å². The second-order valence-electron chi connectivity index (χ2n) is 2.53. The molecule has 0 aliphatic carbocycles. The summed E-state index contributed by atoms with van der Waals surface area (Å²) in [5.74, 6) is 0. The number of isocyanates is 1. The van der Waals surface area contributed by atoms with E-state index in [-0.39, 0.29) is 0 Å². The van der Waals surface area contributed by atoms with Gasteiger partial charge in [-0.15, -0.1) is 4.99 Å². The monoisotopic (exact) mass is 203 g/mol. The molecular weight excluding hydrogens is 186 g/mol. The first-order valence-electron chi connectivity index (χ1n) is 4.61. The molecule has 13 heavy (non-hydrogen) atoms. The van der Waals surface area contributed by atoms with Crippen molar-refractivity contribution in [3.8, 4) is 0 Å². The zero-order chi connectivity index (χ0) is 10.2. The highest BCUT2D eigenvalue weighted by atomic mass is 28.2. The molecule has 4 nitrogen and oxygen atoms in total. The average Bonchev–Trinajstić information content (AvgIpc) is 2.06. The number of aliphatic imine (C=N–C) groups is 1. The molecule has 0 bridgehead atoms. The Balaban J connectivity index is 4.46. The highest BCUT2D eigenvalue weighted by molar-refractivity contribution is 6.38. The van der Waals surface area contributed by atoms with Crippen molar-refractivity contribution in [3.05, 3.63) is 0 Å². The molecule has 0 atom stereocenters. The molecule has 0 unspecified atom stereocenters. The van der Waals surface area contributed by atoms with E-state index in [0.717, 1.165) is 6.04 Å². The van der Waals surface area contributed by atoms with Gasteiger partial charge >= 0.3 is 0 Å². The number of rotatable bonds is 7. The molecule has 0 spiro atoms. The zero-order valence-electron chi connectivity index (χ0n) is 8.50. The standard InChI is InChI=1S/C8H17NO3Si/c1-4-11-8(9-7-10,12-5-2)13-6-3/h4-6,13H2,1-3H3. The van der Waals surface area contributed by atoms with Crippen molar-refractivity contribution < 1.29 is 14.3 Å². The minimum Gasteiger partial charge on any atom is -0.336 e. The van der Waals surface area contributed by atoms with E-state index in [9.17, 15) is 4.79 Å². The summed E-state index contributed by atoms with van der Waals surface area (Å²) >= 11 is 0. The smallest absolute Gasteiger partial charge is 0.248 e. The Morgan fingerprint density at radius 2 is 1.85 bits per heavy atom. The molecule has 0 aromatic heterocycles. The van der Waals surface area contributed by atoms with Gasteiger partial charge in [-0.05, 0) is 13.8 Å². The van der Waals surface area contributed by atoms with Gasteiger partial charge in [0.25, 0.3) is 0 Å². The molecule has 5 heteroatoms. The Bertz CT molecular complexity index is 163. The number of hydrogen-bond donors (Lipinski definition) is 0. The van der Waals surface area contributed by atoms with Crippen LogP contribution in [-0.2, 0) is 14.3 Å². The van der Waals surface area contributed by atoms with Crippen molar-refractivity contribution in [2.75, 3.05) is 13.2 Å². The molecular formula is C8H17NO3Si. The van der Waals surface area contributed by atoms with Crippen molar-refractivity contribution in [2.45, 2.75) is 32.3 Å². The highest BCUT2D eigenvalue weighted by Crippen LogP contribution is 2.14. The van der Waals surface area contributed by atoms with E-state index in [2.05, 4.69) is 4.99 Å². The molecule has 0 N–H and O–H groups in total. The number of hydrogen-bond acceptors (Lipinski definition) is 4. The summed E-state index contributed by atoms with van der Waals surface area (Å²) in [5, 5.41) is 0. The first-order chi connectivity index (χ1) is 6.24. The Morgan fingerprint density at radius 1 is 1.31 bits per heavy atom.